The van der Waals surface area contributed by atoms with E-state index in [1.807, 2.05) is 13.0 Å². The van der Waals surface area contributed by atoms with E-state index in [1.165, 1.54) is 0 Å². The molecule has 1 aromatic rings. The fourth-order valence-electron chi connectivity index (χ4n) is 2.44. The number of carbonyl (C=O) groups excluding carboxylic acids is 1. The van der Waals surface area contributed by atoms with Crippen LogP contribution in [-0.4, -0.2) is 35.5 Å². The number of aromatic nitrogens is 2. The summed E-state index contributed by atoms with van der Waals surface area (Å²) in [4.78, 5) is 21.8. The fraction of sp³-hybridized carbons (Fsp3) is 0.615. The lowest BCUT2D eigenvalue weighted by Gasteiger charge is -2.33. The Hall–Kier alpha value is -1.89. The van der Waals surface area contributed by atoms with Gasteiger partial charge < -0.3 is 15.6 Å². The Morgan fingerprint density at radius 3 is 2.75 bits per heavy atom. The summed E-state index contributed by atoms with van der Waals surface area (Å²) >= 11 is 0. The monoisotopic (exact) mass is 278 g/mol. The highest BCUT2D eigenvalue weighted by Gasteiger charge is 2.20. The van der Waals surface area contributed by atoms with Gasteiger partial charge in [-0.3, -0.25) is 4.79 Å². The van der Waals surface area contributed by atoms with Gasteiger partial charge in [0.05, 0.1) is 0 Å². The first-order valence-electron chi connectivity index (χ1n) is 6.90. The number of amides is 1. The van der Waals surface area contributed by atoms with Crippen LogP contribution in [0.1, 0.15) is 25.6 Å². The summed E-state index contributed by atoms with van der Waals surface area (Å²) in [6.45, 7) is 6.05. The van der Waals surface area contributed by atoms with E-state index in [2.05, 4.69) is 25.6 Å². The first-order chi connectivity index (χ1) is 9.58. The van der Waals surface area contributed by atoms with E-state index >= 15 is 0 Å². The molecule has 7 nitrogen and oxygen atoms in total. The molecule has 1 amide bonds. The molecule has 0 unspecified atom stereocenters. The standard InChI is InChI=1S/C13H22N6O/c1-9-16-12(18-14)7-13(17-9)19-5-3-11(4-6-19)8-15-10(2)20/h7,11H,3-6,8,14H2,1-2H3,(H,15,20)(H,16,17,18). The van der Waals surface area contributed by atoms with Gasteiger partial charge in [-0.2, -0.15) is 0 Å². The van der Waals surface area contributed by atoms with Gasteiger partial charge in [-0.05, 0) is 25.7 Å². The van der Waals surface area contributed by atoms with E-state index < -0.39 is 0 Å². The van der Waals surface area contributed by atoms with E-state index in [1.54, 1.807) is 6.92 Å². The molecule has 7 heteroatoms. The Morgan fingerprint density at radius 1 is 1.45 bits per heavy atom. The molecule has 4 N–H and O–H groups in total. The maximum Gasteiger partial charge on any atom is 0.216 e. The van der Waals surface area contributed by atoms with E-state index in [4.69, 9.17) is 5.84 Å². The largest absolute Gasteiger partial charge is 0.356 e. The van der Waals surface area contributed by atoms with Crippen molar-refractivity contribution in [2.24, 2.45) is 11.8 Å². The number of hydrogen-bond acceptors (Lipinski definition) is 6. The summed E-state index contributed by atoms with van der Waals surface area (Å²) in [5.74, 6) is 8.24. The molecule has 110 valence electrons. The van der Waals surface area contributed by atoms with Crippen molar-refractivity contribution in [2.75, 3.05) is 30.0 Å². The van der Waals surface area contributed by atoms with Crippen molar-refractivity contribution in [3.05, 3.63) is 11.9 Å². The molecular formula is C13H22N6O. The summed E-state index contributed by atoms with van der Waals surface area (Å²) in [7, 11) is 0. The lowest BCUT2D eigenvalue weighted by molar-refractivity contribution is -0.119. The minimum absolute atomic E-state index is 0.0394. The van der Waals surface area contributed by atoms with Crippen LogP contribution in [0.3, 0.4) is 0 Å². The maximum absolute atomic E-state index is 10.9. The van der Waals surface area contributed by atoms with Crippen molar-refractivity contribution in [1.82, 2.24) is 15.3 Å². The van der Waals surface area contributed by atoms with Crippen LogP contribution in [0.5, 0.6) is 0 Å². The molecule has 2 rings (SSSR count). The number of piperidine rings is 1. The molecule has 1 aliphatic heterocycles. The fourth-order valence-corrected chi connectivity index (χ4v) is 2.44. The molecule has 1 fully saturated rings. The molecule has 0 saturated carbocycles. The van der Waals surface area contributed by atoms with Gasteiger partial charge in [-0.1, -0.05) is 0 Å². The molecule has 1 aromatic heterocycles. The number of nitrogens with one attached hydrogen (secondary N) is 2. The molecule has 1 aliphatic rings. The number of nitrogen functional groups attached to an aromatic ring is 1. The summed E-state index contributed by atoms with van der Waals surface area (Å²) < 4.78 is 0. The molecule has 0 aliphatic carbocycles. The van der Waals surface area contributed by atoms with Gasteiger partial charge in [0.2, 0.25) is 5.91 Å². The van der Waals surface area contributed by atoms with Crippen LogP contribution in [0.4, 0.5) is 11.6 Å². The molecule has 0 radical (unpaired) electrons. The maximum atomic E-state index is 10.9. The minimum Gasteiger partial charge on any atom is -0.356 e. The lowest BCUT2D eigenvalue weighted by Crippen LogP contribution is -2.38. The van der Waals surface area contributed by atoms with E-state index in [-0.39, 0.29) is 5.91 Å². The second-order valence-electron chi connectivity index (χ2n) is 5.17. The van der Waals surface area contributed by atoms with E-state index in [0.717, 1.165) is 38.3 Å². The number of hydrazine groups is 1. The van der Waals surface area contributed by atoms with Crippen LogP contribution >= 0.6 is 0 Å². The van der Waals surface area contributed by atoms with E-state index in [9.17, 15) is 4.79 Å². The Bertz CT molecular complexity index is 470. The first-order valence-corrected chi connectivity index (χ1v) is 6.90. The quantitative estimate of drug-likeness (QED) is 0.546. The molecule has 0 aromatic carbocycles. The Morgan fingerprint density at radius 2 is 2.15 bits per heavy atom. The zero-order valence-electron chi connectivity index (χ0n) is 12.0. The third-order valence-electron chi connectivity index (χ3n) is 3.55. The van der Waals surface area contributed by atoms with Gasteiger partial charge in [0.25, 0.3) is 0 Å². The van der Waals surface area contributed by atoms with Crippen LogP contribution < -0.4 is 21.5 Å². The Balaban J connectivity index is 1.93. The number of carbonyl (C=O) groups is 1. The minimum atomic E-state index is 0.0394. The second kappa shape index (κ2) is 6.51. The molecule has 1 saturated heterocycles. The first kappa shape index (κ1) is 14.5. The molecule has 20 heavy (non-hydrogen) atoms. The molecule has 0 bridgehead atoms. The van der Waals surface area contributed by atoms with Crippen LogP contribution in [0.25, 0.3) is 0 Å². The average molecular weight is 278 g/mol. The second-order valence-corrected chi connectivity index (χ2v) is 5.17. The topological polar surface area (TPSA) is 96.2 Å². The zero-order valence-corrected chi connectivity index (χ0v) is 12.0. The van der Waals surface area contributed by atoms with Gasteiger partial charge in [0.1, 0.15) is 17.5 Å². The SMILES string of the molecule is CC(=O)NCC1CCN(c2cc(NN)nc(C)n2)CC1. The third kappa shape index (κ3) is 3.80. The van der Waals surface area contributed by atoms with Gasteiger partial charge in [0, 0.05) is 32.6 Å². The number of nitrogens with zero attached hydrogens (tertiary/aromatic N) is 3. The predicted octanol–water partition coefficient (Wildman–Crippen LogP) is 0.423. The summed E-state index contributed by atoms with van der Waals surface area (Å²) in [6, 6.07) is 1.86. The number of hydrogen-bond donors (Lipinski definition) is 3. The molecule has 0 spiro atoms. The van der Waals surface area contributed by atoms with Gasteiger partial charge in [-0.15, -0.1) is 0 Å². The molecule has 2 heterocycles. The van der Waals surface area contributed by atoms with Gasteiger partial charge >= 0.3 is 0 Å². The Kier molecular flexibility index (Phi) is 4.73. The third-order valence-corrected chi connectivity index (χ3v) is 3.55. The molecular weight excluding hydrogens is 256 g/mol. The van der Waals surface area contributed by atoms with E-state index in [0.29, 0.717) is 17.6 Å². The van der Waals surface area contributed by atoms with Crippen LogP contribution in [0, 0.1) is 12.8 Å². The lowest BCUT2D eigenvalue weighted by atomic mass is 9.97. The summed E-state index contributed by atoms with van der Waals surface area (Å²) in [6.07, 6.45) is 2.10. The van der Waals surface area contributed by atoms with Crippen molar-refractivity contribution in [3.8, 4) is 0 Å². The predicted molar refractivity (Wildman–Crippen MR) is 78.2 cm³/mol. The highest BCUT2D eigenvalue weighted by molar-refractivity contribution is 5.72. The normalized spacial score (nSPS) is 16.1. The number of rotatable bonds is 4. The van der Waals surface area contributed by atoms with Crippen LogP contribution in [0.2, 0.25) is 0 Å². The van der Waals surface area contributed by atoms with Crippen molar-refractivity contribution in [3.63, 3.8) is 0 Å². The molecule has 0 atom stereocenters. The van der Waals surface area contributed by atoms with Crippen molar-refractivity contribution < 1.29 is 4.79 Å². The highest BCUT2D eigenvalue weighted by Crippen LogP contribution is 2.22. The number of nitrogens with two attached hydrogens (primary N) is 1. The number of aryl methyl sites for hydroxylation is 1. The zero-order chi connectivity index (χ0) is 14.5. The van der Waals surface area contributed by atoms with Gasteiger partial charge in [-0.25, -0.2) is 15.8 Å². The van der Waals surface area contributed by atoms with Crippen molar-refractivity contribution >= 4 is 17.5 Å². The average Bonchev–Trinajstić information content (AvgIpc) is 2.45. The van der Waals surface area contributed by atoms with Gasteiger partial charge in [0.15, 0.2) is 0 Å². The van der Waals surface area contributed by atoms with Crippen LogP contribution in [-0.2, 0) is 4.79 Å². The van der Waals surface area contributed by atoms with Crippen LogP contribution in [0.15, 0.2) is 6.07 Å². The van der Waals surface area contributed by atoms with Crippen molar-refractivity contribution in [2.45, 2.75) is 26.7 Å². The Labute approximate surface area is 118 Å². The highest BCUT2D eigenvalue weighted by atomic mass is 16.1. The summed E-state index contributed by atoms with van der Waals surface area (Å²) in [5, 5.41) is 2.89. The number of anilines is 2. The van der Waals surface area contributed by atoms with Crippen molar-refractivity contribution in [1.29, 1.82) is 0 Å². The smallest absolute Gasteiger partial charge is 0.216 e. The summed E-state index contributed by atoms with van der Waals surface area (Å²) in [5.41, 5.74) is 2.56.